The Morgan fingerprint density at radius 2 is 1.88 bits per heavy atom. The zero-order valence-electron chi connectivity index (χ0n) is 18.1. The number of aromatic nitrogens is 1. The number of aliphatic hydroxyl groups excluding tert-OH is 1. The number of hydrogen-bond donors (Lipinski definition) is 1. The van der Waals surface area contributed by atoms with Crippen molar-refractivity contribution in [2.75, 3.05) is 13.2 Å². The van der Waals surface area contributed by atoms with Crippen LogP contribution in [0.15, 0.2) is 60.7 Å². The number of rotatable bonds is 6. The molecule has 1 aromatic heterocycles. The third kappa shape index (κ3) is 3.23. The van der Waals surface area contributed by atoms with Crippen LogP contribution in [0.4, 0.5) is 0 Å². The SMILES string of the molecule is Cc1cc2c(c(OCCCO)n1)C1CCC(c3ccccc3)C1(c1ccc(C#N)cc1)O2. The number of fused-ring (bicyclic) bond motifs is 3. The number of nitrogens with zero attached hydrogens (tertiary/aromatic N) is 2. The minimum absolute atomic E-state index is 0.0825. The van der Waals surface area contributed by atoms with Gasteiger partial charge in [0.25, 0.3) is 0 Å². The topological polar surface area (TPSA) is 75.4 Å². The molecule has 3 unspecified atom stereocenters. The summed E-state index contributed by atoms with van der Waals surface area (Å²) in [5.41, 5.74) is 4.24. The minimum Gasteiger partial charge on any atom is -0.481 e. The maximum Gasteiger partial charge on any atom is 0.221 e. The second-order valence-corrected chi connectivity index (χ2v) is 8.58. The van der Waals surface area contributed by atoms with Crippen molar-refractivity contribution >= 4 is 0 Å². The predicted octanol–water partition coefficient (Wildman–Crippen LogP) is 4.97. The zero-order chi connectivity index (χ0) is 22.1. The second kappa shape index (κ2) is 8.29. The van der Waals surface area contributed by atoms with E-state index >= 15 is 0 Å². The van der Waals surface area contributed by atoms with Crippen LogP contribution in [0.1, 0.15) is 59.0 Å². The number of benzene rings is 2. The fraction of sp³-hybridized carbons (Fsp3) is 0.333. The molecule has 1 aliphatic carbocycles. The van der Waals surface area contributed by atoms with Gasteiger partial charge in [-0.2, -0.15) is 5.26 Å². The van der Waals surface area contributed by atoms with E-state index in [1.807, 2.05) is 43.3 Å². The molecular formula is C27H26N2O3. The number of pyridine rings is 1. The predicted molar refractivity (Wildman–Crippen MR) is 121 cm³/mol. The summed E-state index contributed by atoms with van der Waals surface area (Å²) in [5, 5.41) is 18.5. The zero-order valence-corrected chi connectivity index (χ0v) is 18.1. The molecule has 5 nitrogen and oxygen atoms in total. The van der Waals surface area contributed by atoms with E-state index in [1.165, 1.54) is 5.56 Å². The van der Waals surface area contributed by atoms with Gasteiger partial charge in [0.2, 0.25) is 5.88 Å². The molecule has 0 spiro atoms. The first kappa shape index (κ1) is 20.5. The molecule has 1 aliphatic heterocycles. The lowest BCUT2D eigenvalue weighted by Gasteiger charge is -2.36. The largest absolute Gasteiger partial charge is 0.481 e. The normalized spacial score (nSPS) is 23.2. The Bertz CT molecular complexity index is 1150. The highest BCUT2D eigenvalue weighted by Gasteiger charge is 2.60. The van der Waals surface area contributed by atoms with Gasteiger partial charge in [-0.05, 0) is 43.0 Å². The van der Waals surface area contributed by atoms with Crippen LogP contribution >= 0.6 is 0 Å². The highest BCUT2D eigenvalue weighted by atomic mass is 16.5. The molecule has 2 heterocycles. The third-order valence-corrected chi connectivity index (χ3v) is 6.73. The van der Waals surface area contributed by atoms with E-state index in [2.05, 4.69) is 30.3 Å². The van der Waals surface area contributed by atoms with E-state index in [4.69, 9.17) is 14.5 Å². The smallest absolute Gasteiger partial charge is 0.221 e. The van der Waals surface area contributed by atoms with Crippen molar-refractivity contribution in [1.29, 1.82) is 5.26 Å². The minimum atomic E-state index is -0.581. The van der Waals surface area contributed by atoms with E-state index in [9.17, 15) is 10.4 Å². The molecule has 3 aromatic rings. The quantitative estimate of drug-likeness (QED) is 0.563. The molecule has 0 bridgehead atoms. The van der Waals surface area contributed by atoms with Crippen LogP contribution in [0.2, 0.25) is 0 Å². The van der Waals surface area contributed by atoms with Crippen molar-refractivity contribution < 1.29 is 14.6 Å². The Morgan fingerprint density at radius 1 is 1.12 bits per heavy atom. The lowest BCUT2D eigenvalue weighted by Crippen LogP contribution is -2.36. The molecule has 162 valence electrons. The summed E-state index contributed by atoms with van der Waals surface area (Å²) in [6, 6.07) is 22.6. The number of ether oxygens (including phenoxy) is 2. The summed E-state index contributed by atoms with van der Waals surface area (Å²) in [5.74, 6) is 1.70. The molecular weight excluding hydrogens is 400 g/mol. The van der Waals surface area contributed by atoms with Gasteiger partial charge in [-0.1, -0.05) is 42.5 Å². The third-order valence-electron chi connectivity index (χ3n) is 6.73. The van der Waals surface area contributed by atoms with Gasteiger partial charge in [0.15, 0.2) is 0 Å². The van der Waals surface area contributed by atoms with Crippen LogP contribution in [0.25, 0.3) is 0 Å². The van der Waals surface area contributed by atoms with Crippen molar-refractivity contribution in [1.82, 2.24) is 4.98 Å². The van der Waals surface area contributed by atoms with E-state index in [0.29, 0.717) is 24.5 Å². The first-order chi connectivity index (χ1) is 15.7. The van der Waals surface area contributed by atoms with Crippen LogP contribution in [0.5, 0.6) is 11.6 Å². The van der Waals surface area contributed by atoms with Crippen LogP contribution < -0.4 is 9.47 Å². The monoisotopic (exact) mass is 426 g/mol. The summed E-state index contributed by atoms with van der Waals surface area (Å²) < 4.78 is 13.0. The van der Waals surface area contributed by atoms with E-state index in [0.717, 1.165) is 35.4 Å². The molecule has 0 saturated heterocycles. The Labute approximate surface area is 188 Å². The molecule has 1 saturated carbocycles. The van der Waals surface area contributed by atoms with Gasteiger partial charge in [0.1, 0.15) is 11.4 Å². The highest BCUT2D eigenvalue weighted by molar-refractivity contribution is 5.55. The van der Waals surface area contributed by atoms with Crippen molar-refractivity contribution in [2.24, 2.45) is 0 Å². The molecule has 0 amide bonds. The second-order valence-electron chi connectivity index (χ2n) is 8.58. The molecule has 1 fully saturated rings. The number of hydrogen-bond acceptors (Lipinski definition) is 5. The fourth-order valence-corrected chi connectivity index (χ4v) is 5.43. The molecule has 32 heavy (non-hydrogen) atoms. The molecule has 5 heteroatoms. The number of aliphatic hydroxyl groups is 1. The van der Waals surface area contributed by atoms with Gasteiger partial charge in [-0.3, -0.25) is 0 Å². The molecule has 5 rings (SSSR count). The average molecular weight is 427 g/mol. The summed E-state index contributed by atoms with van der Waals surface area (Å²) in [7, 11) is 0. The van der Waals surface area contributed by atoms with E-state index in [1.54, 1.807) is 0 Å². The van der Waals surface area contributed by atoms with Gasteiger partial charge in [0.05, 0.1) is 23.8 Å². The summed E-state index contributed by atoms with van der Waals surface area (Å²) in [6.45, 7) is 2.44. The highest BCUT2D eigenvalue weighted by Crippen LogP contribution is 2.65. The fourth-order valence-electron chi connectivity index (χ4n) is 5.43. The summed E-state index contributed by atoms with van der Waals surface area (Å²) in [4.78, 5) is 4.70. The van der Waals surface area contributed by atoms with E-state index < -0.39 is 5.60 Å². The van der Waals surface area contributed by atoms with Gasteiger partial charge in [-0.15, -0.1) is 0 Å². The van der Waals surface area contributed by atoms with Crippen molar-refractivity contribution in [3.05, 3.63) is 88.6 Å². The van der Waals surface area contributed by atoms with Crippen LogP contribution in [0, 0.1) is 18.3 Å². The maximum absolute atomic E-state index is 9.30. The van der Waals surface area contributed by atoms with Gasteiger partial charge < -0.3 is 14.6 Å². The number of nitriles is 1. The van der Waals surface area contributed by atoms with Gasteiger partial charge >= 0.3 is 0 Å². The molecule has 0 radical (unpaired) electrons. The lowest BCUT2D eigenvalue weighted by atomic mass is 9.74. The lowest BCUT2D eigenvalue weighted by molar-refractivity contribution is 0.0640. The Balaban J connectivity index is 1.66. The van der Waals surface area contributed by atoms with Gasteiger partial charge in [0, 0.05) is 36.6 Å². The summed E-state index contributed by atoms with van der Waals surface area (Å²) in [6.07, 6.45) is 2.50. The molecule has 2 aromatic carbocycles. The Hall–Kier alpha value is -3.36. The standard InChI is InChI=1S/C27H26N2O3/c1-18-16-24-25(26(29-18)31-15-5-14-30)23-13-12-22(20-6-3-2-4-7-20)27(23,32-24)21-10-8-19(17-28)9-11-21/h2-4,6-11,16,22-23,30H,5,12-15H2,1H3. The van der Waals surface area contributed by atoms with Crippen LogP contribution in [0.3, 0.4) is 0 Å². The maximum atomic E-state index is 9.30. The van der Waals surface area contributed by atoms with Gasteiger partial charge in [-0.25, -0.2) is 4.98 Å². The molecule has 1 N–H and O–H groups in total. The molecule has 3 atom stereocenters. The first-order valence-corrected chi connectivity index (χ1v) is 11.2. The van der Waals surface area contributed by atoms with Crippen molar-refractivity contribution in [2.45, 2.75) is 43.6 Å². The summed E-state index contributed by atoms with van der Waals surface area (Å²) >= 11 is 0. The van der Waals surface area contributed by atoms with Crippen LogP contribution in [-0.4, -0.2) is 23.3 Å². The number of aryl methyl sites for hydroxylation is 1. The average Bonchev–Trinajstić information content (AvgIpc) is 3.34. The molecule has 2 aliphatic rings. The van der Waals surface area contributed by atoms with E-state index in [-0.39, 0.29) is 18.4 Å². The Kier molecular flexibility index (Phi) is 5.32. The Morgan fingerprint density at radius 3 is 2.59 bits per heavy atom. The van der Waals surface area contributed by atoms with Crippen LogP contribution in [-0.2, 0) is 5.60 Å². The van der Waals surface area contributed by atoms with Crippen molar-refractivity contribution in [3.63, 3.8) is 0 Å². The first-order valence-electron chi connectivity index (χ1n) is 11.2. The van der Waals surface area contributed by atoms with Crippen molar-refractivity contribution in [3.8, 4) is 17.7 Å².